The van der Waals surface area contributed by atoms with Gasteiger partial charge in [-0.25, -0.2) is 8.78 Å². The summed E-state index contributed by atoms with van der Waals surface area (Å²) in [7, 11) is 0. The average Bonchev–Trinajstić information content (AvgIpc) is 3.01. The van der Waals surface area contributed by atoms with Crippen LogP contribution in [0.3, 0.4) is 0 Å². The average molecular weight is 378 g/mol. The van der Waals surface area contributed by atoms with Crippen LogP contribution in [-0.4, -0.2) is 28.3 Å². The van der Waals surface area contributed by atoms with Crippen LogP contribution in [0.25, 0.3) is 0 Å². The molecule has 26 heavy (non-hydrogen) atoms. The van der Waals surface area contributed by atoms with E-state index in [2.05, 4.69) is 11.1 Å². The number of pyridine rings is 1. The Kier molecular flexibility index (Phi) is 4.75. The molecule has 7 heteroatoms. The smallest absolute Gasteiger partial charge is 0.249 e. The molecular weight excluding hydrogens is 358 g/mol. The van der Waals surface area contributed by atoms with Crippen molar-refractivity contribution in [2.45, 2.75) is 44.9 Å². The molecule has 2 aromatic rings. The molecule has 1 amide bonds. The quantitative estimate of drug-likeness (QED) is 0.795. The molecule has 138 valence electrons. The van der Waals surface area contributed by atoms with E-state index in [1.807, 2.05) is 12.1 Å². The summed E-state index contributed by atoms with van der Waals surface area (Å²) in [4.78, 5) is 20.6. The van der Waals surface area contributed by atoms with Crippen LogP contribution in [0.1, 0.15) is 33.7 Å². The van der Waals surface area contributed by atoms with Crippen LogP contribution in [0.4, 0.5) is 8.78 Å². The zero-order valence-electron chi connectivity index (χ0n) is 14.3. The van der Waals surface area contributed by atoms with Gasteiger partial charge in [0.05, 0.1) is 13.2 Å². The second-order valence-corrected chi connectivity index (χ2v) is 8.21. The van der Waals surface area contributed by atoms with Crippen molar-refractivity contribution < 1.29 is 18.3 Å². The molecule has 0 unspecified atom stereocenters. The number of carbonyl (C=O) groups excluding carboxylic acids is 1. The van der Waals surface area contributed by atoms with Gasteiger partial charge in [-0.3, -0.25) is 9.78 Å². The summed E-state index contributed by atoms with van der Waals surface area (Å²) in [5.74, 6) is -3.28. The SMILES string of the molecule is O=C(C1CC(F)(F)C1)N1CCc2sc(COCc3cccnc3)cc2C1. The van der Waals surface area contributed by atoms with Crippen LogP contribution in [0, 0.1) is 5.92 Å². The highest BCUT2D eigenvalue weighted by molar-refractivity contribution is 7.12. The lowest BCUT2D eigenvalue weighted by Gasteiger charge is -2.38. The Hall–Kier alpha value is -1.86. The van der Waals surface area contributed by atoms with Gasteiger partial charge in [0.2, 0.25) is 11.8 Å². The Morgan fingerprint density at radius 3 is 2.96 bits per heavy atom. The first kappa shape index (κ1) is 17.5. The summed E-state index contributed by atoms with van der Waals surface area (Å²) in [5, 5.41) is 0. The van der Waals surface area contributed by atoms with E-state index in [9.17, 15) is 13.6 Å². The maximum absolute atomic E-state index is 13.0. The predicted octanol–water partition coefficient (Wildman–Crippen LogP) is 3.79. The van der Waals surface area contributed by atoms with Crippen LogP contribution in [0.15, 0.2) is 30.6 Å². The van der Waals surface area contributed by atoms with Crippen LogP contribution in [0.2, 0.25) is 0 Å². The molecule has 0 aromatic carbocycles. The monoisotopic (exact) mass is 378 g/mol. The number of nitrogens with zero attached hydrogens (tertiary/aromatic N) is 2. The minimum atomic E-state index is -2.65. The Morgan fingerprint density at radius 2 is 2.23 bits per heavy atom. The zero-order valence-corrected chi connectivity index (χ0v) is 15.1. The lowest BCUT2D eigenvalue weighted by atomic mass is 9.80. The normalized spacial score (nSPS) is 19.1. The Bertz CT molecular complexity index is 786. The summed E-state index contributed by atoms with van der Waals surface area (Å²) in [6.45, 7) is 2.17. The Labute approximate surface area is 154 Å². The first-order valence-corrected chi connectivity index (χ1v) is 9.55. The highest BCUT2D eigenvalue weighted by Crippen LogP contribution is 2.43. The minimum Gasteiger partial charge on any atom is -0.371 e. The number of thiophene rings is 1. The van der Waals surface area contributed by atoms with Crippen molar-refractivity contribution in [3.63, 3.8) is 0 Å². The number of aromatic nitrogens is 1. The van der Waals surface area contributed by atoms with E-state index in [0.717, 1.165) is 22.4 Å². The van der Waals surface area contributed by atoms with Gasteiger partial charge in [-0.1, -0.05) is 6.07 Å². The van der Waals surface area contributed by atoms with Gasteiger partial charge in [-0.2, -0.15) is 0 Å². The molecule has 1 aliphatic heterocycles. The predicted molar refractivity (Wildman–Crippen MR) is 93.8 cm³/mol. The highest BCUT2D eigenvalue weighted by Gasteiger charge is 2.49. The summed E-state index contributed by atoms with van der Waals surface area (Å²) < 4.78 is 31.8. The van der Waals surface area contributed by atoms with E-state index in [1.54, 1.807) is 28.6 Å². The van der Waals surface area contributed by atoms with Gasteiger partial charge in [0.25, 0.3) is 0 Å². The zero-order chi connectivity index (χ0) is 18.1. The van der Waals surface area contributed by atoms with Crippen molar-refractivity contribution in [2.75, 3.05) is 6.54 Å². The summed E-state index contributed by atoms with van der Waals surface area (Å²) in [6.07, 6.45) is 3.71. The molecule has 4 rings (SSSR count). The molecule has 0 bridgehead atoms. The first-order valence-electron chi connectivity index (χ1n) is 8.74. The fraction of sp³-hybridized carbons (Fsp3) is 0.474. The maximum Gasteiger partial charge on any atom is 0.249 e. The van der Waals surface area contributed by atoms with Crippen molar-refractivity contribution in [1.82, 2.24) is 9.88 Å². The standard InChI is InChI=1S/C19H20F2N2O2S/c20-19(21)7-15(8-19)18(24)23-5-3-17-14(10-23)6-16(26-17)12-25-11-13-2-1-4-22-9-13/h1-2,4,6,9,15H,3,5,7-8,10-12H2. The fourth-order valence-electron chi connectivity index (χ4n) is 3.50. The molecule has 0 spiro atoms. The third-order valence-corrected chi connectivity index (χ3v) is 6.12. The van der Waals surface area contributed by atoms with E-state index in [0.29, 0.717) is 26.3 Å². The summed E-state index contributed by atoms with van der Waals surface area (Å²) >= 11 is 1.71. The summed E-state index contributed by atoms with van der Waals surface area (Å²) in [5.41, 5.74) is 2.16. The molecule has 0 radical (unpaired) electrons. The molecule has 3 heterocycles. The molecule has 1 saturated carbocycles. The number of hydrogen-bond acceptors (Lipinski definition) is 4. The van der Waals surface area contributed by atoms with Gasteiger partial charge in [0, 0.05) is 54.0 Å². The van der Waals surface area contributed by atoms with Crippen molar-refractivity contribution >= 4 is 17.2 Å². The first-order chi connectivity index (χ1) is 12.5. The van der Waals surface area contributed by atoms with Gasteiger partial charge < -0.3 is 9.64 Å². The van der Waals surface area contributed by atoms with Crippen LogP contribution in [0.5, 0.6) is 0 Å². The Morgan fingerprint density at radius 1 is 1.38 bits per heavy atom. The van der Waals surface area contributed by atoms with Gasteiger partial charge in [-0.05, 0) is 29.7 Å². The van der Waals surface area contributed by atoms with Crippen LogP contribution < -0.4 is 0 Å². The second kappa shape index (κ2) is 7.04. The van der Waals surface area contributed by atoms with Crippen molar-refractivity contribution in [1.29, 1.82) is 0 Å². The largest absolute Gasteiger partial charge is 0.371 e. The van der Waals surface area contributed by atoms with E-state index in [1.165, 1.54) is 4.88 Å². The van der Waals surface area contributed by atoms with Gasteiger partial charge in [-0.15, -0.1) is 11.3 Å². The lowest BCUT2D eigenvalue weighted by Crippen LogP contribution is -2.47. The minimum absolute atomic E-state index is 0.123. The summed E-state index contributed by atoms with van der Waals surface area (Å²) in [6, 6.07) is 5.93. The molecule has 0 saturated heterocycles. The van der Waals surface area contributed by atoms with Crippen LogP contribution in [-0.2, 0) is 35.7 Å². The molecular formula is C19H20F2N2O2S. The molecule has 0 atom stereocenters. The number of rotatable bonds is 5. The highest BCUT2D eigenvalue weighted by atomic mass is 32.1. The van der Waals surface area contributed by atoms with Crippen molar-refractivity contribution in [2.24, 2.45) is 5.92 Å². The number of fused-ring (bicyclic) bond motifs is 1. The second-order valence-electron chi connectivity index (χ2n) is 6.99. The number of alkyl halides is 2. The van der Waals surface area contributed by atoms with E-state index < -0.39 is 11.8 Å². The van der Waals surface area contributed by atoms with E-state index in [4.69, 9.17) is 4.74 Å². The molecule has 1 fully saturated rings. The van der Waals surface area contributed by atoms with E-state index >= 15 is 0 Å². The maximum atomic E-state index is 13.0. The number of carbonyl (C=O) groups is 1. The van der Waals surface area contributed by atoms with Crippen molar-refractivity contribution in [3.05, 3.63) is 51.5 Å². The number of amides is 1. The lowest BCUT2D eigenvalue weighted by molar-refractivity contribution is -0.160. The van der Waals surface area contributed by atoms with Gasteiger partial charge in [0.15, 0.2) is 0 Å². The molecule has 2 aliphatic rings. The third-order valence-electron chi connectivity index (χ3n) is 4.90. The van der Waals surface area contributed by atoms with E-state index in [-0.39, 0.29) is 18.7 Å². The molecule has 0 N–H and O–H groups in total. The van der Waals surface area contributed by atoms with Crippen molar-refractivity contribution in [3.8, 4) is 0 Å². The fourth-order valence-corrected chi connectivity index (χ4v) is 4.61. The molecule has 4 nitrogen and oxygen atoms in total. The molecule has 2 aromatic heterocycles. The number of ether oxygens (including phenoxy) is 1. The van der Waals surface area contributed by atoms with Crippen LogP contribution >= 0.6 is 11.3 Å². The third kappa shape index (κ3) is 3.78. The Balaban J connectivity index is 1.31. The number of halogens is 2. The number of hydrogen-bond donors (Lipinski definition) is 0. The topological polar surface area (TPSA) is 42.4 Å². The van der Waals surface area contributed by atoms with Gasteiger partial charge in [0.1, 0.15) is 0 Å². The van der Waals surface area contributed by atoms with Gasteiger partial charge >= 0.3 is 0 Å². The molecule has 1 aliphatic carbocycles.